The number of carbonyl (C=O) groups excluding carboxylic acids is 3. The molecule has 0 rings (SSSR count). The Balaban J connectivity index is 4.43. The lowest BCUT2D eigenvalue weighted by molar-refractivity contribution is -0.138. The van der Waals surface area contributed by atoms with Gasteiger partial charge < -0.3 is 21.1 Å². The first kappa shape index (κ1) is 16.9. The lowest BCUT2D eigenvalue weighted by Gasteiger charge is -2.19. The Morgan fingerprint density at radius 1 is 1.21 bits per heavy atom. The zero-order valence-electron chi connectivity index (χ0n) is 10.9. The summed E-state index contributed by atoms with van der Waals surface area (Å²) < 4.78 is 0. The lowest BCUT2D eigenvalue weighted by Crippen LogP contribution is -2.50. The Labute approximate surface area is 110 Å². The molecule has 0 aliphatic heterocycles. The van der Waals surface area contributed by atoms with E-state index in [1.807, 2.05) is 13.8 Å². The number of rotatable bonds is 9. The molecule has 8 heteroatoms. The van der Waals surface area contributed by atoms with Crippen LogP contribution >= 0.6 is 0 Å². The number of aliphatic carboxylic acids is 1. The fraction of sp³-hybridized carbons (Fsp3) is 0.636. The molecule has 0 aliphatic rings. The van der Waals surface area contributed by atoms with Gasteiger partial charge in [-0.3, -0.25) is 19.2 Å². The predicted molar refractivity (Wildman–Crippen MR) is 66.1 cm³/mol. The van der Waals surface area contributed by atoms with Gasteiger partial charge in [-0.15, -0.1) is 0 Å². The molecule has 0 aliphatic carbocycles. The Hall–Kier alpha value is -2.12. The van der Waals surface area contributed by atoms with Crippen LogP contribution < -0.4 is 16.0 Å². The molecule has 4 N–H and O–H groups in total. The van der Waals surface area contributed by atoms with Crippen LogP contribution in [0.4, 0.5) is 0 Å². The number of carbonyl (C=O) groups is 4. The van der Waals surface area contributed by atoms with Gasteiger partial charge in [0.1, 0.15) is 12.6 Å². The van der Waals surface area contributed by atoms with Gasteiger partial charge in [0.2, 0.25) is 18.2 Å². The Bertz CT molecular complexity index is 343. The highest BCUT2D eigenvalue weighted by atomic mass is 16.4. The van der Waals surface area contributed by atoms with Crippen molar-refractivity contribution >= 4 is 24.2 Å². The van der Waals surface area contributed by atoms with Gasteiger partial charge in [0, 0.05) is 0 Å². The predicted octanol–water partition coefficient (Wildman–Crippen LogP) is -1.54. The van der Waals surface area contributed by atoms with E-state index in [0.29, 0.717) is 12.8 Å². The molecule has 0 aromatic heterocycles. The number of hydrogen-bond acceptors (Lipinski definition) is 4. The molecule has 0 radical (unpaired) electrons. The molecule has 3 amide bonds. The Morgan fingerprint density at radius 3 is 2.32 bits per heavy atom. The van der Waals surface area contributed by atoms with Crippen molar-refractivity contribution in [3.63, 3.8) is 0 Å². The van der Waals surface area contributed by atoms with Gasteiger partial charge in [-0.1, -0.05) is 13.8 Å². The highest BCUT2D eigenvalue weighted by Gasteiger charge is 2.21. The molecule has 108 valence electrons. The van der Waals surface area contributed by atoms with Crippen molar-refractivity contribution in [2.45, 2.75) is 26.3 Å². The van der Waals surface area contributed by atoms with E-state index in [1.165, 1.54) is 0 Å². The van der Waals surface area contributed by atoms with Crippen molar-refractivity contribution in [1.29, 1.82) is 0 Å². The molecule has 19 heavy (non-hydrogen) atoms. The molecule has 1 unspecified atom stereocenters. The van der Waals surface area contributed by atoms with Crippen LogP contribution in [0.3, 0.4) is 0 Å². The maximum atomic E-state index is 11.7. The topological polar surface area (TPSA) is 125 Å². The molecule has 0 saturated carbocycles. The average molecular weight is 273 g/mol. The third-order valence-corrected chi connectivity index (χ3v) is 2.12. The smallest absolute Gasteiger partial charge is 0.322 e. The van der Waals surface area contributed by atoms with Crippen molar-refractivity contribution < 1.29 is 24.3 Å². The monoisotopic (exact) mass is 273 g/mol. The van der Waals surface area contributed by atoms with E-state index in [4.69, 9.17) is 5.11 Å². The van der Waals surface area contributed by atoms with Crippen molar-refractivity contribution in [3.05, 3.63) is 0 Å². The SMILES string of the molecule is CC(C)CC(NC(=O)CNC=O)C(=O)NCC(=O)O. The lowest BCUT2D eigenvalue weighted by atomic mass is 10.0. The van der Waals surface area contributed by atoms with E-state index in [-0.39, 0.29) is 12.5 Å². The molecular formula is C11H19N3O5. The number of hydrogen-bond donors (Lipinski definition) is 4. The number of amides is 3. The standard InChI is InChI=1S/C11H19N3O5/c1-7(2)3-8(11(19)13-5-10(17)18)14-9(16)4-12-6-15/h6-8H,3-5H2,1-2H3,(H,12,15)(H,13,19)(H,14,16)(H,17,18). The number of carboxylic acid groups (broad SMARTS) is 1. The van der Waals surface area contributed by atoms with Crippen molar-refractivity contribution in [2.24, 2.45) is 5.92 Å². The van der Waals surface area contributed by atoms with Crippen LogP contribution in [0.15, 0.2) is 0 Å². The normalized spacial score (nSPS) is 11.5. The van der Waals surface area contributed by atoms with E-state index < -0.39 is 30.4 Å². The van der Waals surface area contributed by atoms with Crippen LogP contribution in [0.25, 0.3) is 0 Å². The number of nitrogens with one attached hydrogen (secondary N) is 3. The average Bonchev–Trinajstić information content (AvgIpc) is 2.31. The summed E-state index contributed by atoms with van der Waals surface area (Å²) >= 11 is 0. The maximum Gasteiger partial charge on any atom is 0.322 e. The molecular weight excluding hydrogens is 254 g/mol. The van der Waals surface area contributed by atoms with Gasteiger partial charge in [-0.25, -0.2) is 0 Å². The second-order valence-corrected chi connectivity index (χ2v) is 4.36. The summed E-state index contributed by atoms with van der Waals surface area (Å²) in [5.41, 5.74) is 0. The molecule has 1 atom stereocenters. The van der Waals surface area contributed by atoms with Crippen molar-refractivity contribution in [2.75, 3.05) is 13.1 Å². The van der Waals surface area contributed by atoms with Crippen LogP contribution in [0.5, 0.6) is 0 Å². The molecule has 0 heterocycles. The number of carboxylic acids is 1. The van der Waals surface area contributed by atoms with E-state index in [2.05, 4.69) is 16.0 Å². The summed E-state index contributed by atoms with van der Waals surface area (Å²) in [4.78, 5) is 43.5. The molecule has 0 saturated heterocycles. The third kappa shape index (κ3) is 8.58. The highest BCUT2D eigenvalue weighted by molar-refractivity contribution is 5.90. The first-order valence-electron chi connectivity index (χ1n) is 5.82. The summed E-state index contributed by atoms with van der Waals surface area (Å²) in [6, 6.07) is -0.819. The van der Waals surface area contributed by atoms with Crippen LogP contribution in [-0.2, 0) is 19.2 Å². The van der Waals surface area contributed by atoms with Gasteiger partial charge in [-0.05, 0) is 12.3 Å². The molecule has 0 fully saturated rings. The van der Waals surface area contributed by atoms with E-state index >= 15 is 0 Å². The van der Waals surface area contributed by atoms with Crippen LogP contribution in [0, 0.1) is 5.92 Å². The zero-order valence-corrected chi connectivity index (χ0v) is 10.9. The Kier molecular flexibility index (Phi) is 7.90. The second-order valence-electron chi connectivity index (χ2n) is 4.36. The largest absolute Gasteiger partial charge is 0.480 e. The molecule has 8 nitrogen and oxygen atoms in total. The maximum absolute atomic E-state index is 11.7. The van der Waals surface area contributed by atoms with Gasteiger partial charge >= 0.3 is 5.97 Å². The van der Waals surface area contributed by atoms with Gasteiger partial charge in [-0.2, -0.15) is 0 Å². The molecule has 0 spiro atoms. The molecule has 0 bridgehead atoms. The second kappa shape index (κ2) is 8.90. The third-order valence-electron chi connectivity index (χ3n) is 2.12. The summed E-state index contributed by atoms with van der Waals surface area (Å²) in [5.74, 6) is -2.09. The van der Waals surface area contributed by atoms with Crippen LogP contribution in [-0.4, -0.2) is 48.4 Å². The summed E-state index contributed by atoms with van der Waals surface area (Å²) in [6.07, 6.45) is 0.750. The van der Waals surface area contributed by atoms with Crippen molar-refractivity contribution in [3.8, 4) is 0 Å². The van der Waals surface area contributed by atoms with Crippen molar-refractivity contribution in [1.82, 2.24) is 16.0 Å². The quantitative estimate of drug-likeness (QED) is 0.379. The summed E-state index contributed by atoms with van der Waals surface area (Å²) in [7, 11) is 0. The van der Waals surface area contributed by atoms with Gasteiger partial charge in [0.05, 0.1) is 6.54 Å². The van der Waals surface area contributed by atoms with Crippen LogP contribution in [0.1, 0.15) is 20.3 Å². The summed E-state index contributed by atoms with van der Waals surface area (Å²) in [6.45, 7) is 3.00. The van der Waals surface area contributed by atoms with E-state index in [0.717, 1.165) is 0 Å². The fourth-order valence-corrected chi connectivity index (χ4v) is 1.37. The van der Waals surface area contributed by atoms with Crippen LogP contribution in [0.2, 0.25) is 0 Å². The first-order valence-corrected chi connectivity index (χ1v) is 5.82. The van der Waals surface area contributed by atoms with Gasteiger partial charge in [0.15, 0.2) is 0 Å². The highest BCUT2D eigenvalue weighted by Crippen LogP contribution is 2.04. The summed E-state index contributed by atoms with van der Waals surface area (Å²) in [5, 5.41) is 15.3. The minimum atomic E-state index is -1.16. The van der Waals surface area contributed by atoms with E-state index in [9.17, 15) is 19.2 Å². The minimum absolute atomic E-state index is 0.139. The Morgan fingerprint density at radius 2 is 1.84 bits per heavy atom. The minimum Gasteiger partial charge on any atom is -0.480 e. The van der Waals surface area contributed by atoms with Gasteiger partial charge in [0.25, 0.3) is 0 Å². The molecule has 0 aromatic carbocycles. The molecule has 0 aromatic rings. The first-order chi connectivity index (χ1) is 8.86. The fourth-order valence-electron chi connectivity index (χ4n) is 1.37. The zero-order chi connectivity index (χ0) is 14.8. The van der Waals surface area contributed by atoms with E-state index in [1.54, 1.807) is 0 Å².